The van der Waals surface area contributed by atoms with Crippen LogP contribution in [0, 0.1) is 11.3 Å². The number of nitrogens with zero attached hydrogens (tertiary/aromatic N) is 2. The van der Waals surface area contributed by atoms with Crippen molar-refractivity contribution >= 4 is 23.2 Å². The van der Waals surface area contributed by atoms with Crippen LogP contribution in [-0.4, -0.2) is 10.9 Å². The van der Waals surface area contributed by atoms with Gasteiger partial charge in [-0.15, -0.1) is 0 Å². The van der Waals surface area contributed by atoms with Gasteiger partial charge in [-0.2, -0.15) is 5.26 Å². The topological polar surface area (TPSA) is 77.8 Å². The van der Waals surface area contributed by atoms with E-state index in [-0.39, 0.29) is 5.57 Å². The van der Waals surface area contributed by atoms with Crippen LogP contribution in [0.2, 0.25) is 5.02 Å². The molecular weight excluding hydrogens is 300 g/mol. The molecular formula is C16H13ClN4O. The van der Waals surface area contributed by atoms with Gasteiger partial charge in [0.1, 0.15) is 11.6 Å². The first kappa shape index (κ1) is 15.5. The molecule has 0 aliphatic rings. The van der Waals surface area contributed by atoms with Gasteiger partial charge < -0.3 is 10.6 Å². The number of carbonyl (C=O) groups excluding carboxylic acids is 1. The van der Waals surface area contributed by atoms with E-state index in [2.05, 4.69) is 15.6 Å². The van der Waals surface area contributed by atoms with Crippen molar-refractivity contribution in [1.82, 2.24) is 10.3 Å². The Morgan fingerprint density at radius 2 is 2.23 bits per heavy atom. The van der Waals surface area contributed by atoms with Gasteiger partial charge in [0.25, 0.3) is 5.91 Å². The van der Waals surface area contributed by atoms with Crippen molar-refractivity contribution < 1.29 is 4.79 Å². The van der Waals surface area contributed by atoms with Gasteiger partial charge in [-0.3, -0.25) is 9.78 Å². The molecule has 0 fully saturated rings. The van der Waals surface area contributed by atoms with Crippen molar-refractivity contribution in [1.29, 1.82) is 5.26 Å². The Labute approximate surface area is 133 Å². The quantitative estimate of drug-likeness (QED) is 0.657. The monoisotopic (exact) mass is 312 g/mol. The summed E-state index contributed by atoms with van der Waals surface area (Å²) < 4.78 is 0. The lowest BCUT2D eigenvalue weighted by Gasteiger charge is -2.05. The predicted octanol–water partition coefficient (Wildman–Crippen LogP) is 2.87. The Hall–Kier alpha value is -2.84. The summed E-state index contributed by atoms with van der Waals surface area (Å²) in [6, 6.07) is 12.5. The van der Waals surface area contributed by atoms with E-state index in [1.54, 1.807) is 42.7 Å². The van der Waals surface area contributed by atoms with Crippen LogP contribution in [0.15, 0.2) is 60.6 Å². The lowest BCUT2D eigenvalue weighted by atomic mass is 10.2. The first-order valence-electron chi connectivity index (χ1n) is 6.48. The fraction of sp³-hybridized carbons (Fsp3) is 0.0625. The van der Waals surface area contributed by atoms with E-state index in [4.69, 9.17) is 16.9 Å². The Kier molecular flexibility index (Phi) is 5.52. The highest BCUT2D eigenvalue weighted by molar-refractivity contribution is 6.30. The van der Waals surface area contributed by atoms with Gasteiger partial charge in [-0.1, -0.05) is 23.7 Å². The number of hydrogen-bond donors (Lipinski definition) is 2. The zero-order valence-corrected chi connectivity index (χ0v) is 12.3. The van der Waals surface area contributed by atoms with Gasteiger partial charge in [-0.05, 0) is 29.8 Å². The number of amides is 1. The predicted molar refractivity (Wildman–Crippen MR) is 84.9 cm³/mol. The fourth-order valence-electron chi connectivity index (χ4n) is 1.66. The summed E-state index contributed by atoms with van der Waals surface area (Å²) in [5.41, 5.74) is 1.53. The summed E-state index contributed by atoms with van der Waals surface area (Å²) in [4.78, 5) is 15.9. The molecule has 0 saturated heterocycles. The van der Waals surface area contributed by atoms with E-state index in [0.29, 0.717) is 17.3 Å². The molecule has 1 amide bonds. The van der Waals surface area contributed by atoms with Crippen molar-refractivity contribution in [2.45, 2.75) is 6.54 Å². The van der Waals surface area contributed by atoms with Crippen molar-refractivity contribution in [3.63, 3.8) is 0 Å². The molecule has 0 aliphatic heterocycles. The number of halogens is 1. The standard InChI is InChI=1S/C16H13ClN4O/c17-14-4-1-5-15(7-14)20-11-13(8-18)16(22)21-10-12-3-2-6-19-9-12/h1-7,9,11,20H,10H2,(H,21,22)/b13-11-. The molecule has 1 aromatic carbocycles. The van der Waals surface area contributed by atoms with Crippen LogP contribution in [0.1, 0.15) is 5.56 Å². The normalized spacial score (nSPS) is 10.6. The number of benzene rings is 1. The first-order chi connectivity index (χ1) is 10.7. The zero-order chi connectivity index (χ0) is 15.8. The van der Waals surface area contributed by atoms with Crippen LogP contribution >= 0.6 is 11.6 Å². The highest BCUT2D eigenvalue weighted by atomic mass is 35.5. The summed E-state index contributed by atoms with van der Waals surface area (Å²) in [6.07, 6.45) is 4.66. The first-order valence-corrected chi connectivity index (χ1v) is 6.86. The number of hydrogen-bond acceptors (Lipinski definition) is 4. The lowest BCUT2D eigenvalue weighted by Crippen LogP contribution is -2.24. The van der Waals surface area contributed by atoms with Crippen LogP contribution in [0.25, 0.3) is 0 Å². The van der Waals surface area contributed by atoms with Crippen molar-refractivity contribution in [3.05, 3.63) is 71.2 Å². The van der Waals surface area contributed by atoms with Crippen LogP contribution < -0.4 is 10.6 Å². The second-order valence-electron chi connectivity index (χ2n) is 4.37. The molecule has 110 valence electrons. The maximum absolute atomic E-state index is 11.9. The van der Waals surface area contributed by atoms with E-state index >= 15 is 0 Å². The Bertz CT molecular complexity index is 722. The summed E-state index contributed by atoms with van der Waals surface area (Å²) in [7, 11) is 0. The van der Waals surface area contributed by atoms with Gasteiger partial charge >= 0.3 is 0 Å². The zero-order valence-electron chi connectivity index (χ0n) is 11.6. The minimum Gasteiger partial charge on any atom is -0.360 e. The molecule has 0 bridgehead atoms. The van der Waals surface area contributed by atoms with E-state index in [9.17, 15) is 4.79 Å². The molecule has 0 aliphatic carbocycles. The van der Waals surface area contributed by atoms with Gasteiger partial charge in [-0.25, -0.2) is 0 Å². The van der Waals surface area contributed by atoms with Crippen LogP contribution in [0.5, 0.6) is 0 Å². The largest absolute Gasteiger partial charge is 0.360 e. The Balaban J connectivity index is 1.97. The van der Waals surface area contributed by atoms with Gasteiger partial charge in [0, 0.05) is 35.8 Å². The molecule has 0 spiro atoms. The minimum atomic E-state index is -0.458. The molecule has 2 N–H and O–H groups in total. The molecule has 0 atom stereocenters. The van der Waals surface area contributed by atoms with E-state index in [1.165, 1.54) is 6.20 Å². The molecule has 0 radical (unpaired) electrons. The molecule has 1 aromatic heterocycles. The van der Waals surface area contributed by atoms with Crippen LogP contribution in [0.4, 0.5) is 5.69 Å². The van der Waals surface area contributed by atoms with Crippen LogP contribution in [-0.2, 0) is 11.3 Å². The highest BCUT2D eigenvalue weighted by Gasteiger charge is 2.08. The van der Waals surface area contributed by atoms with Crippen molar-refractivity contribution in [2.24, 2.45) is 0 Å². The maximum Gasteiger partial charge on any atom is 0.263 e. The van der Waals surface area contributed by atoms with E-state index in [1.807, 2.05) is 12.1 Å². The third-order valence-electron chi connectivity index (χ3n) is 2.75. The molecule has 1 heterocycles. The third-order valence-corrected chi connectivity index (χ3v) is 2.98. The van der Waals surface area contributed by atoms with Crippen molar-refractivity contribution in [2.75, 3.05) is 5.32 Å². The SMILES string of the molecule is N#C/C(=C/Nc1cccc(Cl)c1)C(=O)NCc1cccnc1. The minimum absolute atomic E-state index is 0.0242. The third kappa shape index (κ3) is 4.62. The molecule has 2 aromatic rings. The smallest absolute Gasteiger partial charge is 0.263 e. The number of rotatable bonds is 5. The number of nitrogens with one attached hydrogen (secondary N) is 2. The Morgan fingerprint density at radius 1 is 1.36 bits per heavy atom. The van der Waals surface area contributed by atoms with Gasteiger partial charge in [0.15, 0.2) is 0 Å². The van der Waals surface area contributed by atoms with E-state index < -0.39 is 5.91 Å². The highest BCUT2D eigenvalue weighted by Crippen LogP contribution is 2.15. The average Bonchev–Trinajstić information content (AvgIpc) is 2.54. The Morgan fingerprint density at radius 3 is 2.91 bits per heavy atom. The van der Waals surface area contributed by atoms with Gasteiger partial charge in [0.05, 0.1) is 0 Å². The van der Waals surface area contributed by atoms with Crippen molar-refractivity contribution in [3.8, 4) is 6.07 Å². The number of aromatic nitrogens is 1. The molecule has 6 heteroatoms. The lowest BCUT2D eigenvalue weighted by molar-refractivity contribution is -0.117. The summed E-state index contributed by atoms with van der Waals surface area (Å²) in [5.74, 6) is -0.458. The van der Waals surface area contributed by atoms with E-state index in [0.717, 1.165) is 5.56 Å². The molecule has 22 heavy (non-hydrogen) atoms. The summed E-state index contributed by atoms with van der Waals surface area (Å²) in [6.45, 7) is 0.308. The number of pyridine rings is 1. The summed E-state index contributed by atoms with van der Waals surface area (Å²) in [5, 5.41) is 15.2. The fourth-order valence-corrected chi connectivity index (χ4v) is 1.85. The van der Waals surface area contributed by atoms with Gasteiger partial charge in [0.2, 0.25) is 0 Å². The van der Waals surface area contributed by atoms with Crippen LogP contribution in [0.3, 0.4) is 0 Å². The maximum atomic E-state index is 11.9. The number of nitriles is 1. The second kappa shape index (κ2) is 7.81. The molecule has 5 nitrogen and oxygen atoms in total. The average molecular weight is 313 g/mol. The summed E-state index contributed by atoms with van der Waals surface area (Å²) >= 11 is 5.86. The second-order valence-corrected chi connectivity index (χ2v) is 4.80. The molecule has 0 unspecified atom stereocenters. The molecule has 0 saturated carbocycles. The number of anilines is 1. The molecule has 2 rings (SSSR count). The number of carbonyl (C=O) groups is 1.